The number of β-amino-alcohol motifs (C(OH)–C–C–N with tert-alkyl or cyclic N) is 1. The van der Waals surface area contributed by atoms with Crippen LogP contribution in [0.25, 0.3) is 11.0 Å². The maximum Gasteiger partial charge on any atom is 0.142 e. The standard InChI is InChI=1S/C16H19N5O/c1-2-20-7-4-12-5-8-21(10-16(12,22)9-20)15-13-3-6-17-14(13)18-11-19-15/h1,3,6,11-12,22H,4-5,7-10H2,(H,17,18,19)/t12-,16-/m1/s1. The molecule has 0 bridgehead atoms. The highest BCUT2D eigenvalue weighted by Gasteiger charge is 2.45. The van der Waals surface area contributed by atoms with Crippen LogP contribution in [-0.4, -0.2) is 56.7 Å². The number of aromatic amines is 1. The van der Waals surface area contributed by atoms with E-state index in [1.165, 1.54) is 0 Å². The van der Waals surface area contributed by atoms with Gasteiger partial charge in [-0.15, -0.1) is 0 Å². The van der Waals surface area contributed by atoms with Gasteiger partial charge in [0.05, 0.1) is 18.5 Å². The van der Waals surface area contributed by atoms with Gasteiger partial charge in [0.2, 0.25) is 0 Å². The van der Waals surface area contributed by atoms with Crippen LogP contribution in [0, 0.1) is 18.4 Å². The average molecular weight is 297 g/mol. The fourth-order valence-electron chi connectivity index (χ4n) is 3.83. The fraction of sp³-hybridized carbons (Fsp3) is 0.500. The highest BCUT2D eigenvalue weighted by atomic mass is 16.3. The number of rotatable bonds is 1. The molecule has 0 aromatic carbocycles. The van der Waals surface area contributed by atoms with Crippen LogP contribution in [0.1, 0.15) is 12.8 Å². The molecule has 2 aliphatic heterocycles. The summed E-state index contributed by atoms with van der Waals surface area (Å²) in [5, 5.41) is 12.1. The molecule has 4 heterocycles. The number of fused-ring (bicyclic) bond motifs is 2. The van der Waals surface area contributed by atoms with Gasteiger partial charge in [0.15, 0.2) is 0 Å². The molecule has 0 spiro atoms. The van der Waals surface area contributed by atoms with E-state index in [4.69, 9.17) is 6.42 Å². The Kier molecular flexibility index (Phi) is 2.98. The molecule has 4 rings (SSSR count). The van der Waals surface area contributed by atoms with E-state index in [9.17, 15) is 5.11 Å². The summed E-state index contributed by atoms with van der Waals surface area (Å²) in [7, 11) is 0. The molecule has 0 aliphatic carbocycles. The molecule has 0 saturated carbocycles. The lowest BCUT2D eigenvalue weighted by molar-refractivity contribution is -0.0697. The van der Waals surface area contributed by atoms with Crippen molar-refractivity contribution in [2.24, 2.45) is 5.92 Å². The van der Waals surface area contributed by atoms with Crippen molar-refractivity contribution in [3.05, 3.63) is 18.6 Å². The zero-order chi connectivity index (χ0) is 15.2. The van der Waals surface area contributed by atoms with Crippen LogP contribution in [0.15, 0.2) is 18.6 Å². The second kappa shape index (κ2) is 4.89. The molecule has 0 unspecified atom stereocenters. The lowest BCUT2D eigenvalue weighted by atomic mass is 9.76. The van der Waals surface area contributed by atoms with E-state index >= 15 is 0 Å². The van der Waals surface area contributed by atoms with Gasteiger partial charge >= 0.3 is 0 Å². The zero-order valence-corrected chi connectivity index (χ0v) is 12.4. The summed E-state index contributed by atoms with van der Waals surface area (Å²) in [6.45, 7) is 2.87. The number of nitrogens with zero attached hydrogens (tertiary/aromatic N) is 4. The van der Waals surface area contributed by atoms with Crippen LogP contribution in [0.3, 0.4) is 0 Å². The normalized spacial score (nSPS) is 28.5. The van der Waals surface area contributed by atoms with Crippen molar-refractivity contribution in [2.75, 3.05) is 31.1 Å². The number of piperidine rings is 2. The summed E-state index contributed by atoms with van der Waals surface area (Å²) in [4.78, 5) is 15.8. The van der Waals surface area contributed by atoms with E-state index in [0.29, 0.717) is 19.0 Å². The molecule has 2 aliphatic rings. The van der Waals surface area contributed by atoms with E-state index in [0.717, 1.165) is 42.8 Å². The number of nitrogens with one attached hydrogen (secondary N) is 1. The van der Waals surface area contributed by atoms with Crippen molar-refractivity contribution in [1.82, 2.24) is 19.9 Å². The first kappa shape index (κ1) is 13.4. The fourth-order valence-corrected chi connectivity index (χ4v) is 3.83. The Bertz CT molecular complexity index is 735. The van der Waals surface area contributed by atoms with Crippen molar-refractivity contribution in [1.29, 1.82) is 0 Å². The van der Waals surface area contributed by atoms with E-state index in [-0.39, 0.29) is 0 Å². The topological polar surface area (TPSA) is 68.3 Å². The lowest BCUT2D eigenvalue weighted by Crippen LogP contribution is -2.62. The molecule has 0 amide bonds. The van der Waals surface area contributed by atoms with Gasteiger partial charge in [-0.05, 0) is 24.8 Å². The average Bonchev–Trinajstić information content (AvgIpc) is 3.01. The number of aromatic nitrogens is 3. The van der Waals surface area contributed by atoms with E-state index < -0.39 is 5.60 Å². The van der Waals surface area contributed by atoms with Crippen LogP contribution < -0.4 is 4.90 Å². The second-order valence-corrected chi connectivity index (χ2v) is 6.29. The number of H-pyrrole nitrogens is 1. The Morgan fingerprint density at radius 1 is 1.32 bits per heavy atom. The Hall–Kier alpha value is -2.26. The first-order chi connectivity index (χ1) is 10.7. The number of aliphatic hydroxyl groups is 1. The van der Waals surface area contributed by atoms with Crippen LogP contribution in [-0.2, 0) is 0 Å². The van der Waals surface area contributed by atoms with Crippen LogP contribution in [0.4, 0.5) is 5.82 Å². The summed E-state index contributed by atoms with van der Waals surface area (Å²) in [5.41, 5.74) is 0.0594. The predicted molar refractivity (Wildman–Crippen MR) is 84.2 cm³/mol. The minimum Gasteiger partial charge on any atom is -0.386 e. The van der Waals surface area contributed by atoms with Gasteiger partial charge in [-0.3, -0.25) is 0 Å². The third kappa shape index (κ3) is 2.01. The molecule has 2 saturated heterocycles. The van der Waals surface area contributed by atoms with Crippen molar-refractivity contribution < 1.29 is 5.11 Å². The third-order valence-corrected chi connectivity index (χ3v) is 5.00. The molecule has 2 aromatic heterocycles. The number of terminal acetylenes is 1. The Labute approximate surface area is 129 Å². The summed E-state index contributed by atoms with van der Waals surface area (Å²) in [6.07, 6.45) is 10.9. The van der Waals surface area contributed by atoms with Crippen molar-refractivity contribution in [2.45, 2.75) is 18.4 Å². The molecular weight excluding hydrogens is 278 g/mol. The summed E-state index contributed by atoms with van der Waals surface area (Å²) in [6, 6.07) is 4.65. The van der Waals surface area contributed by atoms with Gasteiger partial charge < -0.3 is 19.9 Å². The van der Waals surface area contributed by atoms with Gasteiger partial charge in [-0.1, -0.05) is 6.42 Å². The molecule has 114 valence electrons. The van der Waals surface area contributed by atoms with Gasteiger partial charge in [0.25, 0.3) is 0 Å². The van der Waals surface area contributed by atoms with Crippen molar-refractivity contribution >= 4 is 16.9 Å². The smallest absolute Gasteiger partial charge is 0.142 e. The maximum atomic E-state index is 11.1. The summed E-state index contributed by atoms with van der Waals surface area (Å²) < 4.78 is 0. The molecular formula is C16H19N5O. The summed E-state index contributed by atoms with van der Waals surface area (Å²) >= 11 is 0. The van der Waals surface area contributed by atoms with Crippen LogP contribution >= 0.6 is 0 Å². The second-order valence-electron chi connectivity index (χ2n) is 6.29. The Morgan fingerprint density at radius 3 is 3.05 bits per heavy atom. The molecule has 2 atom stereocenters. The molecule has 2 aromatic rings. The van der Waals surface area contributed by atoms with Gasteiger partial charge in [-0.25, -0.2) is 9.97 Å². The predicted octanol–water partition coefficient (Wildman–Crippen LogP) is 0.812. The van der Waals surface area contributed by atoms with Gasteiger partial charge in [0, 0.05) is 25.3 Å². The van der Waals surface area contributed by atoms with E-state index in [1.807, 2.05) is 17.2 Å². The molecule has 2 fully saturated rings. The number of hydrogen-bond donors (Lipinski definition) is 2. The first-order valence-corrected chi connectivity index (χ1v) is 7.66. The minimum atomic E-state index is -0.767. The van der Waals surface area contributed by atoms with Crippen LogP contribution in [0.5, 0.6) is 0 Å². The Balaban J connectivity index is 1.65. The number of likely N-dealkylation sites (tertiary alicyclic amines) is 1. The molecule has 22 heavy (non-hydrogen) atoms. The first-order valence-electron chi connectivity index (χ1n) is 7.66. The molecule has 6 nitrogen and oxygen atoms in total. The highest BCUT2D eigenvalue weighted by molar-refractivity contribution is 5.87. The lowest BCUT2D eigenvalue weighted by Gasteiger charge is -2.50. The molecule has 0 radical (unpaired) electrons. The van der Waals surface area contributed by atoms with Crippen molar-refractivity contribution in [3.8, 4) is 12.5 Å². The number of anilines is 1. The monoisotopic (exact) mass is 297 g/mol. The molecule has 6 heteroatoms. The number of hydrogen-bond acceptors (Lipinski definition) is 5. The van der Waals surface area contributed by atoms with Gasteiger partial charge in [-0.2, -0.15) is 0 Å². The largest absolute Gasteiger partial charge is 0.386 e. The van der Waals surface area contributed by atoms with Crippen LogP contribution in [0.2, 0.25) is 0 Å². The summed E-state index contributed by atoms with van der Waals surface area (Å²) in [5.74, 6) is 1.20. The molecule has 2 N–H and O–H groups in total. The van der Waals surface area contributed by atoms with E-state index in [2.05, 4.69) is 25.9 Å². The maximum absolute atomic E-state index is 11.1. The quantitative estimate of drug-likeness (QED) is 0.763. The van der Waals surface area contributed by atoms with E-state index in [1.54, 1.807) is 6.33 Å². The zero-order valence-electron chi connectivity index (χ0n) is 12.4. The van der Waals surface area contributed by atoms with Crippen molar-refractivity contribution in [3.63, 3.8) is 0 Å². The minimum absolute atomic E-state index is 0.317. The van der Waals surface area contributed by atoms with Gasteiger partial charge in [0.1, 0.15) is 23.4 Å². The Morgan fingerprint density at radius 2 is 2.18 bits per heavy atom. The highest BCUT2D eigenvalue weighted by Crippen LogP contribution is 2.37. The third-order valence-electron chi connectivity index (χ3n) is 5.00. The SMILES string of the molecule is C#CN1CC[C@@H]2CCN(c3ncnc4[nH]ccc34)C[C@]2(O)C1.